The number of carbonyl (C=O) groups excluding carboxylic acids is 1. The van der Waals surface area contributed by atoms with Crippen molar-refractivity contribution in [3.8, 4) is 5.75 Å². The fourth-order valence-electron chi connectivity index (χ4n) is 3.47. The van der Waals surface area contributed by atoms with Crippen molar-refractivity contribution in [3.63, 3.8) is 0 Å². The highest BCUT2D eigenvalue weighted by atomic mass is 31.2. The molecule has 0 aliphatic heterocycles. The van der Waals surface area contributed by atoms with Gasteiger partial charge in [0.2, 0.25) is 5.95 Å². The van der Waals surface area contributed by atoms with Crippen molar-refractivity contribution in [3.05, 3.63) is 49.3 Å². The maximum Gasteiger partial charge on any atom is 0.342 e. The third-order valence-corrected chi connectivity index (χ3v) is 7.15. The number of nitrogens with one attached hydrogen (secondary N) is 2. The van der Waals surface area contributed by atoms with Gasteiger partial charge in [0.25, 0.3) is 0 Å². The number of hydrogen-bond donors (Lipinski definition) is 3. The van der Waals surface area contributed by atoms with Crippen molar-refractivity contribution >= 4 is 36.4 Å². The van der Waals surface area contributed by atoms with Crippen molar-refractivity contribution in [2.75, 3.05) is 37.2 Å². The monoisotopic (exact) mass is 561 g/mol. The van der Waals surface area contributed by atoms with Crippen molar-refractivity contribution in [2.45, 2.75) is 53.1 Å². The molecule has 12 nitrogen and oxygen atoms in total. The summed E-state index contributed by atoms with van der Waals surface area (Å²) in [5.41, 5.74) is 6.97. The van der Waals surface area contributed by atoms with Gasteiger partial charge in [-0.05, 0) is 25.0 Å². The summed E-state index contributed by atoms with van der Waals surface area (Å²) in [5.74, 6) is 0.538. The first-order valence-electron chi connectivity index (χ1n) is 12.6. The zero-order valence-corrected chi connectivity index (χ0v) is 22.7. The molecule has 2 aromatic heterocycles. The van der Waals surface area contributed by atoms with Gasteiger partial charge < -0.3 is 29.6 Å². The molecule has 0 fully saturated rings. The van der Waals surface area contributed by atoms with Crippen LogP contribution in [-0.2, 0) is 25.4 Å². The van der Waals surface area contributed by atoms with Crippen molar-refractivity contribution in [1.29, 1.82) is 0 Å². The van der Waals surface area contributed by atoms with E-state index in [0.29, 0.717) is 48.8 Å². The predicted molar refractivity (Wildman–Crippen MR) is 154 cm³/mol. The highest BCUT2D eigenvalue weighted by Crippen LogP contribution is 2.44. The van der Waals surface area contributed by atoms with E-state index in [0.717, 1.165) is 12.8 Å². The number of imidazole rings is 1. The number of nitrogens with two attached hydrogens (primary N) is 1. The molecule has 0 saturated carbocycles. The topological polar surface area (TPSA) is 156 Å². The molecule has 2 unspecified atom stereocenters. The first-order chi connectivity index (χ1) is 18.4. The Morgan fingerprint density at radius 1 is 1.23 bits per heavy atom. The van der Waals surface area contributed by atoms with Gasteiger partial charge in [-0.2, -0.15) is 9.97 Å². The average Bonchev–Trinajstić information content (AvgIpc) is 3.31. The van der Waals surface area contributed by atoms with E-state index in [1.807, 2.05) is 19.9 Å². The molecule has 1 aromatic carbocycles. The van der Waals surface area contributed by atoms with Crippen molar-refractivity contribution in [1.82, 2.24) is 24.6 Å². The van der Waals surface area contributed by atoms with Crippen LogP contribution in [0, 0.1) is 0 Å². The fourth-order valence-corrected chi connectivity index (χ4v) is 5.25. The highest BCUT2D eigenvalue weighted by molar-refractivity contribution is 7.57. The SMILES string of the molecule is C.C=CCNc1nc(N)nc2c1ncn2CCOCP(=O)(NC(CC)C(=O)OCCCC)Oc1ccccc1. The van der Waals surface area contributed by atoms with Gasteiger partial charge in [0.15, 0.2) is 17.0 Å². The Morgan fingerprint density at radius 2 is 2.00 bits per heavy atom. The molecule has 2 atom stereocenters. The Morgan fingerprint density at radius 3 is 2.69 bits per heavy atom. The van der Waals surface area contributed by atoms with E-state index in [-0.39, 0.29) is 26.3 Å². The van der Waals surface area contributed by atoms with Crippen LogP contribution in [-0.4, -0.2) is 57.6 Å². The van der Waals surface area contributed by atoms with E-state index in [1.165, 1.54) is 0 Å². The molecule has 3 aromatic rings. The summed E-state index contributed by atoms with van der Waals surface area (Å²) in [7, 11) is -3.65. The Bertz CT molecular complexity index is 1240. The number of nitrogens with zero attached hydrogens (tertiary/aromatic N) is 4. The maximum atomic E-state index is 13.8. The molecule has 13 heteroatoms. The van der Waals surface area contributed by atoms with Crippen LogP contribution in [0.1, 0.15) is 40.5 Å². The van der Waals surface area contributed by atoms with Gasteiger partial charge in [0.05, 0.1) is 19.5 Å². The number of ether oxygens (including phenoxy) is 2. The maximum absolute atomic E-state index is 13.8. The molecular weight excluding hydrogens is 521 g/mol. The molecule has 0 spiro atoms. The number of para-hydroxylation sites is 1. The molecule has 0 saturated heterocycles. The summed E-state index contributed by atoms with van der Waals surface area (Å²) in [5, 5.41) is 5.97. The molecule has 3 rings (SSSR count). The van der Waals surface area contributed by atoms with Crippen LogP contribution < -0.4 is 20.7 Å². The standard InChI is InChI=1S/C25H36N7O5P.CH4/c1-4-7-15-36-24(33)20(6-3)31-38(34,37-19-11-9-8-10-12-19)18-35-16-14-32-17-28-21-22(27-13-5-2)29-25(26)30-23(21)32;/h5,8-12,17,20H,2,4,6-7,13-16,18H2,1,3H3,(H,31,34)(H3,26,27,29,30);1H4. The van der Waals surface area contributed by atoms with Gasteiger partial charge >= 0.3 is 13.5 Å². The van der Waals surface area contributed by atoms with Gasteiger partial charge in [-0.3, -0.25) is 9.36 Å². The molecule has 4 N–H and O–H groups in total. The number of carbonyl (C=O) groups is 1. The number of unbranched alkanes of at least 4 members (excludes halogenated alkanes) is 1. The number of fused-ring (bicyclic) bond motifs is 1. The summed E-state index contributed by atoms with van der Waals surface area (Å²) < 4.78 is 32.5. The van der Waals surface area contributed by atoms with Crippen LogP contribution in [0.25, 0.3) is 11.2 Å². The number of hydrogen-bond acceptors (Lipinski definition) is 10. The summed E-state index contributed by atoms with van der Waals surface area (Å²) in [6, 6.07) is 7.94. The van der Waals surface area contributed by atoms with Crippen LogP contribution >= 0.6 is 7.52 Å². The van der Waals surface area contributed by atoms with E-state index < -0.39 is 19.5 Å². The smallest absolute Gasteiger partial charge is 0.342 e. The van der Waals surface area contributed by atoms with Crippen molar-refractivity contribution in [2.24, 2.45) is 0 Å². The van der Waals surface area contributed by atoms with Crippen LogP contribution in [0.5, 0.6) is 5.75 Å². The molecular formula is C26H40N7O5P. The second kappa shape index (κ2) is 15.8. The van der Waals surface area contributed by atoms with Gasteiger partial charge in [0, 0.05) is 13.1 Å². The summed E-state index contributed by atoms with van der Waals surface area (Å²) in [4.78, 5) is 25.4. The second-order valence-corrected chi connectivity index (χ2v) is 10.5. The number of anilines is 2. The molecule has 0 radical (unpaired) electrons. The van der Waals surface area contributed by atoms with E-state index in [4.69, 9.17) is 19.7 Å². The third-order valence-electron chi connectivity index (χ3n) is 5.42. The zero-order chi connectivity index (χ0) is 27.4. The summed E-state index contributed by atoms with van der Waals surface area (Å²) in [6.07, 6.45) is 5.08. The number of rotatable bonds is 17. The zero-order valence-electron chi connectivity index (χ0n) is 21.8. The van der Waals surface area contributed by atoms with Crippen LogP contribution in [0.2, 0.25) is 0 Å². The molecule has 214 valence electrons. The lowest BCUT2D eigenvalue weighted by molar-refractivity contribution is -0.145. The lowest BCUT2D eigenvalue weighted by Gasteiger charge is -2.24. The quantitative estimate of drug-likeness (QED) is 0.0916. The van der Waals surface area contributed by atoms with Crippen LogP contribution in [0.3, 0.4) is 0 Å². The molecule has 0 aliphatic rings. The lowest BCUT2D eigenvalue weighted by atomic mass is 10.2. The summed E-state index contributed by atoms with van der Waals surface area (Å²) >= 11 is 0. The van der Waals surface area contributed by atoms with E-state index >= 15 is 0 Å². The lowest BCUT2D eigenvalue weighted by Crippen LogP contribution is -2.37. The first-order valence-corrected chi connectivity index (χ1v) is 14.4. The fraction of sp³-hybridized carbons (Fsp3) is 0.462. The Labute approximate surface area is 229 Å². The number of aromatic nitrogens is 4. The molecule has 39 heavy (non-hydrogen) atoms. The third kappa shape index (κ3) is 9.35. The predicted octanol–water partition coefficient (Wildman–Crippen LogP) is 4.60. The normalized spacial score (nSPS) is 13.2. The Balaban J connectivity index is 0.00000533. The Hall–Kier alpha value is -3.47. The number of esters is 1. The average molecular weight is 562 g/mol. The summed E-state index contributed by atoms with van der Waals surface area (Å²) in [6.45, 7) is 8.84. The molecule has 0 amide bonds. The van der Waals surface area contributed by atoms with Crippen LogP contribution in [0.15, 0.2) is 49.3 Å². The van der Waals surface area contributed by atoms with E-state index in [2.05, 4.69) is 31.9 Å². The highest BCUT2D eigenvalue weighted by Gasteiger charge is 2.32. The Kier molecular flexibility index (Phi) is 12.9. The first kappa shape index (κ1) is 31.7. The minimum atomic E-state index is -3.65. The molecule has 2 heterocycles. The minimum Gasteiger partial charge on any atom is -0.465 e. The van der Waals surface area contributed by atoms with Crippen molar-refractivity contribution < 1.29 is 23.4 Å². The van der Waals surface area contributed by atoms with Gasteiger partial charge in [-0.1, -0.05) is 52.0 Å². The van der Waals surface area contributed by atoms with Gasteiger partial charge in [-0.15, -0.1) is 6.58 Å². The van der Waals surface area contributed by atoms with Gasteiger partial charge in [0.1, 0.15) is 18.1 Å². The van der Waals surface area contributed by atoms with Gasteiger partial charge in [-0.25, -0.2) is 10.1 Å². The molecule has 0 aliphatic carbocycles. The number of nitrogen functional groups attached to an aromatic ring is 1. The largest absolute Gasteiger partial charge is 0.465 e. The minimum absolute atomic E-state index is 0. The van der Waals surface area contributed by atoms with E-state index in [9.17, 15) is 9.36 Å². The molecule has 0 bridgehead atoms. The second-order valence-electron chi connectivity index (χ2n) is 8.44. The number of benzene rings is 1. The van der Waals surface area contributed by atoms with Crippen LogP contribution in [0.4, 0.5) is 11.8 Å². The van der Waals surface area contributed by atoms with E-state index in [1.54, 1.807) is 41.2 Å².